The second-order valence-electron chi connectivity index (χ2n) is 26.8. The van der Waals surface area contributed by atoms with E-state index in [0.29, 0.717) is 11.5 Å². The summed E-state index contributed by atoms with van der Waals surface area (Å²) in [6.45, 7) is 30.4. The fourth-order valence-corrected chi connectivity index (χ4v) is 13.6. The van der Waals surface area contributed by atoms with Gasteiger partial charge in [0.15, 0.2) is 0 Å². The van der Waals surface area contributed by atoms with Gasteiger partial charge in [-0.15, -0.1) is 0 Å². The van der Waals surface area contributed by atoms with E-state index in [1.165, 1.54) is 50.1 Å². The van der Waals surface area contributed by atoms with Crippen molar-refractivity contribution in [2.45, 2.75) is 151 Å². The standard InChI is InChI=1S/C76H78O6S/c1-71(2,3)65-47-48-66(70-68-63-21-17-15-19-61(63)67(69(65)70)62-20-16-18-22-64(62)68)80-56-35-25-50(26-36-56)74(9,10)52-29-39-58(40-30-52)82-76(13,14)75(11,12)53-31-43-59(44-32-53)83(77,78)60-45-41-55(42-46-60)79-54-33-23-49(24-34-54)73(7,8)51-27-37-57(38-28-51)81-72(4,5)6/h15-48,67-68H,1-14H3. The van der Waals surface area contributed by atoms with E-state index < -0.39 is 20.9 Å². The molecule has 424 valence electrons. The largest absolute Gasteiger partial charge is 0.488 e. The Morgan fingerprint density at radius 2 is 0.675 bits per heavy atom. The summed E-state index contributed by atoms with van der Waals surface area (Å²) >= 11 is 0. The van der Waals surface area contributed by atoms with Gasteiger partial charge in [0.2, 0.25) is 9.84 Å². The predicted octanol–water partition coefficient (Wildman–Crippen LogP) is 19.4. The minimum absolute atomic E-state index is 0.0423. The van der Waals surface area contributed by atoms with Crippen LogP contribution in [0.15, 0.2) is 216 Å². The van der Waals surface area contributed by atoms with Crippen LogP contribution in [0.4, 0.5) is 0 Å². The average molecular weight is 1120 g/mol. The summed E-state index contributed by atoms with van der Waals surface area (Å²) in [5.41, 5.74) is 13.1. The lowest BCUT2D eigenvalue weighted by Gasteiger charge is -2.45. The van der Waals surface area contributed by atoms with Gasteiger partial charge in [-0.2, -0.15) is 0 Å². The van der Waals surface area contributed by atoms with Gasteiger partial charge in [0.1, 0.15) is 45.7 Å². The summed E-state index contributed by atoms with van der Waals surface area (Å²) in [4.78, 5) is 0.406. The Hall–Kier alpha value is -7.87. The third-order valence-electron chi connectivity index (χ3n) is 18.0. The minimum Gasteiger partial charge on any atom is -0.488 e. The molecule has 0 saturated heterocycles. The van der Waals surface area contributed by atoms with Crippen molar-refractivity contribution >= 4 is 9.84 Å². The molecule has 0 heterocycles. The fraction of sp³-hybridized carbons (Fsp3) is 0.289. The maximum atomic E-state index is 14.0. The van der Waals surface area contributed by atoms with Crippen molar-refractivity contribution in [1.82, 2.24) is 0 Å². The Labute approximate surface area is 493 Å². The Morgan fingerprint density at radius 3 is 1.07 bits per heavy atom. The van der Waals surface area contributed by atoms with Gasteiger partial charge in [0.25, 0.3) is 0 Å². The number of ether oxygens (including phenoxy) is 4. The van der Waals surface area contributed by atoms with Crippen molar-refractivity contribution in [2.24, 2.45) is 0 Å². The molecule has 0 N–H and O–H groups in total. The van der Waals surface area contributed by atoms with Gasteiger partial charge in [-0.3, -0.25) is 0 Å². The highest BCUT2D eigenvalue weighted by molar-refractivity contribution is 7.91. The molecule has 0 saturated carbocycles. The Morgan fingerprint density at radius 1 is 0.337 bits per heavy atom. The highest BCUT2D eigenvalue weighted by Crippen LogP contribution is 2.60. The van der Waals surface area contributed by atoms with Gasteiger partial charge in [-0.1, -0.05) is 178 Å². The fourth-order valence-electron chi connectivity index (χ4n) is 12.4. The molecule has 83 heavy (non-hydrogen) atoms. The van der Waals surface area contributed by atoms with E-state index >= 15 is 0 Å². The first-order chi connectivity index (χ1) is 39.1. The summed E-state index contributed by atoms with van der Waals surface area (Å²) in [7, 11) is -3.81. The summed E-state index contributed by atoms with van der Waals surface area (Å²) in [6.07, 6.45) is 0. The third-order valence-corrected chi connectivity index (χ3v) is 19.7. The zero-order valence-electron chi connectivity index (χ0n) is 50.6. The highest BCUT2D eigenvalue weighted by atomic mass is 32.2. The van der Waals surface area contributed by atoms with E-state index in [9.17, 15) is 8.42 Å². The molecule has 7 heteroatoms. The monoisotopic (exact) mass is 1120 g/mol. The maximum absolute atomic E-state index is 14.0. The van der Waals surface area contributed by atoms with Crippen molar-refractivity contribution in [3.63, 3.8) is 0 Å². The van der Waals surface area contributed by atoms with Gasteiger partial charge in [0.05, 0.1) is 9.79 Å². The second-order valence-corrected chi connectivity index (χ2v) is 28.8. The van der Waals surface area contributed by atoms with Gasteiger partial charge < -0.3 is 18.9 Å². The van der Waals surface area contributed by atoms with E-state index in [1.54, 1.807) is 36.4 Å². The smallest absolute Gasteiger partial charge is 0.206 e. The van der Waals surface area contributed by atoms with Crippen LogP contribution < -0.4 is 18.9 Å². The first-order valence-corrected chi connectivity index (χ1v) is 30.6. The zero-order valence-corrected chi connectivity index (χ0v) is 51.5. The number of benzene rings is 9. The van der Waals surface area contributed by atoms with Crippen LogP contribution in [0.1, 0.15) is 176 Å². The Balaban J connectivity index is 0.729. The molecule has 9 aromatic rings. The van der Waals surface area contributed by atoms with Crippen molar-refractivity contribution < 1.29 is 27.4 Å². The van der Waals surface area contributed by atoms with E-state index in [4.69, 9.17) is 18.9 Å². The number of sulfone groups is 1. The average Bonchev–Trinajstić information content (AvgIpc) is 1.04. The molecule has 0 aromatic heterocycles. The molecule has 0 amide bonds. The summed E-state index contributed by atoms with van der Waals surface area (Å²) in [6, 6.07) is 69.5. The zero-order chi connectivity index (χ0) is 59.1. The SMILES string of the molecule is CC(C)(C)Oc1ccc(C(C)(C)c2ccc(Oc3ccc(S(=O)(=O)c4ccc(C(C)(C)C(C)(C)Oc5ccc(C(C)(C)c6ccc(Oc7ccc(C(C)(C)C)c8c7C7c9ccccc9C8c8ccccc87)cc6)cc5)cc4)cc3)cc2)cc1. The molecular formula is C76H78O6S. The van der Waals surface area contributed by atoms with Crippen molar-refractivity contribution in [2.75, 3.05) is 0 Å². The topological polar surface area (TPSA) is 71.1 Å². The van der Waals surface area contributed by atoms with Gasteiger partial charge in [0, 0.05) is 33.6 Å². The molecule has 3 aliphatic rings. The summed E-state index contributed by atoms with van der Waals surface area (Å²) in [5, 5.41) is 0. The van der Waals surface area contributed by atoms with E-state index in [-0.39, 0.29) is 43.5 Å². The molecular weight excluding hydrogens is 1040 g/mol. The second kappa shape index (κ2) is 20.8. The molecule has 2 bridgehead atoms. The molecule has 9 aromatic carbocycles. The van der Waals surface area contributed by atoms with Crippen LogP contribution in [0.2, 0.25) is 0 Å². The lowest BCUT2D eigenvalue weighted by Crippen LogP contribution is -2.47. The van der Waals surface area contributed by atoms with Crippen LogP contribution in [0.5, 0.6) is 34.5 Å². The van der Waals surface area contributed by atoms with Gasteiger partial charge in [-0.05, 0) is 192 Å². The molecule has 0 spiro atoms. The third kappa shape index (κ3) is 10.7. The van der Waals surface area contributed by atoms with Crippen LogP contribution in [-0.2, 0) is 31.5 Å². The Bertz CT molecular complexity index is 3900. The van der Waals surface area contributed by atoms with Crippen LogP contribution >= 0.6 is 0 Å². The maximum Gasteiger partial charge on any atom is 0.206 e. The number of hydrogen-bond donors (Lipinski definition) is 0. The van der Waals surface area contributed by atoms with Crippen molar-refractivity contribution in [1.29, 1.82) is 0 Å². The highest BCUT2D eigenvalue weighted by Gasteiger charge is 2.46. The molecule has 0 atom stereocenters. The molecule has 12 rings (SSSR count). The lowest BCUT2D eigenvalue weighted by molar-refractivity contribution is 0.0357. The molecule has 6 nitrogen and oxygen atoms in total. The Kier molecular flexibility index (Phi) is 14.3. The minimum atomic E-state index is -3.81. The lowest BCUT2D eigenvalue weighted by atomic mass is 9.58. The predicted molar refractivity (Wildman–Crippen MR) is 337 cm³/mol. The first kappa shape index (κ1) is 57.0. The normalized spacial score (nSPS) is 15.2. The molecule has 0 fully saturated rings. The molecule has 0 unspecified atom stereocenters. The molecule has 0 aliphatic heterocycles. The quantitative estimate of drug-likeness (QED) is 0.102. The number of rotatable bonds is 15. The molecule has 0 radical (unpaired) electrons. The van der Waals surface area contributed by atoms with E-state index in [1.807, 2.05) is 57.2 Å². The van der Waals surface area contributed by atoms with Crippen molar-refractivity contribution in [3.8, 4) is 34.5 Å². The van der Waals surface area contributed by atoms with Gasteiger partial charge >= 0.3 is 0 Å². The van der Waals surface area contributed by atoms with E-state index in [0.717, 1.165) is 39.7 Å². The van der Waals surface area contributed by atoms with Crippen molar-refractivity contribution in [3.05, 3.63) is 273 Å². The summed E-state index contributed by atoms with van der Waals surface area (Å²) < 4.78 is 54.0. The van der Waals surface area contributed by atoms with E-state index in [2.05, 4.69) is 210 Å². The summed E-state index contributed by atoms with van der Waals surface area (Å²) in [5.74, 6) is 4.78. The van der Waals surface area contributed by atoms with Crippen LogP contribution in [-0.4, -0.2) is 19.6 Å². The molecule has 3 aliphatic carbocycles. The number of hydrogen-bond acceptors (Lipinski definition) is 6. The van der Waals surface area contributed by atoms with Crippen LogP contribution in [0.25, 0.3) is 0 Å². The van der Waals surface area contributed by atoms with Crippen LogP contribution in [0, 0.1) is 0 Å². The van der Waals surface area contributed by atoms with Crippen LogP contribution in [0.3, 0.4) is 0 Å². The van der Waals surface area contributed by atoms with Gasteiger partial charge in [-0.25, -0.2) is 8.42 Å². The first-order valence-electron chi connectivity index (χ1n) is 29.1.